The van der Waals surface area contributed by atoms with Crippen LogP contribution in [0.3, 0.4) is 0 Å². The lowest BCUT2D eigenvalue weighted by Gasteiger charge is -2.26. The number of hydrogen-bond acceptors (Lipinski definition) is 4. The first-order valence-corrected chi connectivity index (χ1v) is 6.42. The highest BCUT2D eigenvalue weighted by molar-refractivity contribution is 5.48. The van der Waals surface area contributed by atoms with Crippen LogP contribution in [0.25, 0.3) is 0 Å². The number of hydrogen-bond donors (Lipinski definition) is 2. The molecule has 1 atom stereocenters. The zero-order valence-electron chi connectivity index (χ0n) is 11.3. The van der Waals surface area contributed by atoms with Crippen LogP contribution in [-0.2, 0) is 0 Å². The molecular formula is C13H21F2N3O. The minimum absolute atomic E-state index is 0.0209. The van der Waals surface area contributed by atoms with Gasteiger partial charge in [0.1, 0.15) is 5.82 Å². The van der Waals surface area contributed by atoms with Crippen molar-refractivity contribution < 1.29 is 13.9 Å². The molecule has 1 heterocycles. The zero-order valence-corrected chi connectivity index (χ0v) is 11.3. The predicted octanol–water partition coefficient (Wildman–Crippen LogP) is 1.82. The van der Waals surface area contributed by atoms with E-state index in [4.69, 9.17) is 5.11 Å². The van der Waals surface area contributed by atoms with Gasteiger partial charge in [0.05, 0.1) is 13.2 Å². The minimum atomic E-state index is -2.46. The van der Waals surface area contributed by atoms with Crippen LogP contribution in [0.5, 0.6) is 0 Å². The van der Waals surface area contributed by atoms with E-state index < -0.39 is 13.0 Å². The van der Waals surface area contributed by atoms with Crippen molar-refractivity contribution in [2.75, 3.05) is 31.1 Å². The van der Waals surface area contributed by atoms with Gasteiger partial charge in [0.15, 0.2) is 0 Å². The first-order valence-electron chi connectivity index (χ1n) is 6.42. The summed E-state index contributed by atoms with van der Waals surface area (Å²) < 4.78 is 25.2. The van der Waals surface area contributed by atoms with Crippen LogP contribution in [-0.4, -0.2) is 42.8 Å². The molecule has 108 valence electrons. The Morgan fingerprint density at radius 1 is 1.47 bits per heavy atom. The Labute approximate surface area is 112 Å². The van der Waals surface area contributed by atoms with Gasteiger partial charge < -0.3 is 15.3 Å². The second-order valence-corrected chi connectivity index (χ2v) is 4.26. The highest BCUT2D eigenvalue weighted by Gasteiger charge is 2.19. The number of aliphatic hydroxyl groups excluding tert-OH is 1. The van der Waals surface area contributed by atoms with Gasteiger partial charge in [-0.05, 0) is 19.5 Å². The first kappa shape index (κ1) is 15.8. The molecule has 0 amide bonds. The number of alkyl halides is 2. The molecule has 0 aliphatic carbocycles. The number of pyridine rings is 1. The van der Waals surface area contributed by atoms with Crippen LogP contribution in [0.4, 0.5) is 14.6 Å². The summed E-state index contributed by atoms with van der Waals surface area (Å²) in [5.74, 6) is 0.505. The van der Waals surface area contributed by atoms with Crippen LogP contribution in [0.1, 0.15) is 25.5 Å². The second kappa shape index (κ2) is 8.01. The summed E-state index contributed by atoms with van der Waals surface area (Å²) in [7, 11) is 0. The van der Waals surface area contributed by atoms with Crippen LogP contribution in [0, 0.1) is 0 Å². The molecule has 0 aromatic carbocycles. The summed E-state index contributed by atoms with van der Waals surface area (Å²) in [4.78, 5) is 5.62. The molecule has 4 nitrogen and oxygen atoms in total. The molecule has 6 heteroatoms. The Hall–Kier alpha value is -1.27. The Balaban J connectivity index is 3.00. The van der Waals surface area contributed by atoms with Gasteiger partial charge in [-0.2, -0.15) is 0 Å². The van der Waals surface area contributed by atoms with E-state index in [2.05, 4.69) is 10.3 Å². The third kappa shape index (κ3) is 4.72. The molecule has 0 aliphatic rings. The zero-order chi connectivity index (χ0) is 14.3. The number of anilines is 1. The van der Waals surface area contributed by atoms with Crippen molar-refractivity contribution in [1.29, 1.82) is 0 Å². The van der Waals surface area contributed by atoms with Crippen molar-refractivity contribution in [2.24, 2.45) is 0 Å². The molecule has 1 rings (SSSR count). The molecule has 0 spiro atoms. The fraction of sp³-hybridized carbons (Fsp3) is 0.615. The SMILES string of the molecule is CCNC(C)c1cccnc1N(CCO)CC(F)F. The third-order valence-corrected chi connectivity index (χ3v) is 2.82. The fourth-order valence-corrected chi connectivity index (χ4v) is 2.00. The molecule has 0 bridgehead atoms. The van der Waals surface area contributed by atoms with Gasteiger partial charge in [-0.3, -0.25) is 0 Å². The number of halogens is 2. The lowest BCUT2D eigenvalue weighted by molar-refractivity contribution is 0.152. The number of nitrogens with one attached hydrogen (secondary N) is 1. The summed E-state index contributed by atoms with van der Waals surface area (Å²) in [6.07, 6.45) is -0.885. The van der Waals surface area contributed by atoms with Crippen LogP contribution in [0.15, 0.2) is 18.3 Å². The number of rotatable bonds is 8. The maximum absolute atomic E-state index is 12.6. The lowest BCUT2D eigenvalue weighted by Crippen LogP contribution is -2.34. The maximum atomic E-state index is 12.6. The van der Waals surface area contributed by atoms with E-state index in [0.717, 1.165) is 12.1 Å². The highest BCUT2D eigenvalue weighted by atomic mass is 19.3. The topological polar surface area (TPSA) is 48.4 Å². The second-order valence-electron chi connectivity index (χ2n) is 4.26. The minimum Gasteiger partial charge on any atom is -0.395 e. The standard InChI is InChI=1S/C13H21F2N3O/c1-3-16-10(2)11-5-4-6-17-13(11)18(7-8-19)9-12(14)15/h4-6,10,12,16,19H,3,7-9H2,1-2H3. The van der Waals surface area contributed by atoms with Crippen molar-refractivity contribution in [1.82, 2.24) is 10.3 Å². The fourth-order valence-electron chi connectivity index (χ4n) is 2.00. The van der Waals surface area contributed by atoms with E-state index >= 15 is 0 Å². The largest absolute Gasteiger partial charge is 0.395 e. The molecule has 0 aliphatic heterocycles. The van der Waals surface area contributed by atoms with Crippen LogP contribution in [0.2, 0.25) is 0 Å². The molecule has 1 aromatic rings. The van der Waals surface area contributed by atoms with Crippen molar-refractivity contribution in [3.05, 3.63) is 23.9 Å². The quantitative estimate of drug-likeness (QED) is 0.758. The monoisotopic (exact) mass is 273 g/mol. The average molecular weight is 273 g/mol. The summed E-state index contributed by atoms with van der Waals surface area (Å²) in [5.41, 5.74) is 0.860. The van der Waals surface area contributed by atoms with Gasteiger partial charge in [-0.15, -0.1) is 0 Å². The van der Waals surface area contributed by atoms with Crippen LogP contribution < -0.4 is 10.2 Å². The normalized spacial score (nSPS) is 12.7. The summed E-state index contributed by atoms with van der Waals surface area (Å²) in [5, 5.41) is 12.2. The van der Waals surface area contributed by atoms with Gasteiger partial charge in [-0.1, -0.05) is 13.0 Å². The van der Waals surface area contributed by atoms with Gasteiger partial charge in [0.2, 0.25) is 0 Å². The number of aliphatic hydroxyl groups is 1. The Bertz CT molecular complexity index is 377. The molecule has 0 radical (unpaired) electrons. The van der Waals surface area contributed by atoms with Crippen molar-refractivity contribution in [3.63, 3.8) is 0 Å². The molecule has 2 N–H and O–H groups in total. The Morgan fingerprint density at radius 2 is 2.21 bits per heavy atom. The lowest BCUT2D eigenvalue weighted by atomic mass is 10.1. The van der Waals surface area contributed by atoms with E-state index in [1.165, 1.54) is 4.90 Å². The number of aromatic nitrogens is 1. The van der Waals surface area contributed by atoms with Gasteiger partial charge in [0, 0.05) is 24.3 Å². The molecule has 1 unspecified atom stereocenters. The average Bonchev–Trinajstić information content (AvgIpc) is 2.38. The van der Waals surface area contributed by atoms with E-state index in [9.17, 15) is 8.78 Å². The number of nitrogens with zero attached hydrogens (tertiary/aromatic N) is 2. The molecule has 0 saturated carbocycles. The Morgan fingerprint density at radius 3 is 2.79 bits per heavy atom. The Kier molecular flexibility index (Phi) is 6.66. The van der Waals surface area contributed by atoms with Crippen molar-refractivity contribution in [2.45, 2.75) is 26.3 Å². The summed E-state index contributed by atoms with van der Waals surface area (Å²) >= 11 is 0. The van der Waals surface area contributed by atoms with Crippen molar-refractivity contribution >= 4 is 5.82 Å². The van der Waals surface area contributed by atoms with E-state index in [1.807, 2.05) is 19.9 Å². The smallest absolute Gasteiger partial charge is 0.255 e. The third-order valence-electron chi connectivity index (χ3n) is 2.82. The molecular weight excluding hydrogens is 252 g/mol. The predicted molar refractivity (Wildman–Crippen MR) is 71.6 cm³/mol. The van der Waals surface area contributed by atoms with Crippen molar-refractivity contribution in [3.8, 4) is 0 Å². The van der Waals surface area contributed by atoms with Crippen LogP contribution >= 0.6 is 0 Å². The van der Waals surface area contributed by atoms with E-state index in [-0.39, 0.29) is 19.2 Å². The van der Waals surface area contributed by atoms with Gasteiger partial charge >= 0.3 is 0 Å². The molecule has 1 aromatic heterocycles. The van der Waals surface area contributed by atoms with E-state index in [1.54, 1.807) is 12.3 Å². The molecule has 0 fully saturated rings. The highest BCUT2D eigenvalue weighted by Crippen LogP contribution is 2.24. The summed E-state index contributed by atoms with van der Waals surface area (Å²) in [6, 6.07) is 3.67. The first-order chi connectivity index (χ1) is 9.10. The van der Waals surface area contributed by atoms with Gasteiger partial charge in [-0.25, -0.2) is 13.8 Å². The van der Waals surface area contributed by atoms with E-state index in [0.29, 0.717) is 5.82 Å². The molecule has 0 saturated heterocycles. The maximum Gasteiger partial charge on any atom is 0.255 e. The summed E-state index contributed by atoms with van der Waals surface area (Å²) in [6.45, 7) is 4.26. The van der Waals surface area contributed by atoms with Gasteiger partial charge in [0.25, 0.3) is 6.43 Å². The molecule has 19 heavy (non-hydrogen) atoms.